The van der Waals surface area contributed by atoms with Crippen LogP contribution in [0, 0.1) is 18.6 Å². The van der Waals surface area contributed by atoms with Gasteiger partial charge in [0, 0.05) is 13.1 Å². The number of anilines is 2. The average molecular weight is 291 g/mol. The standard InChI is InChI=1S/C14H15F2N5/c1-8-4-5-9(11(16)10(8)15)12-18-13(17)20-14(19-12)21-6-2-3-7-21/h4-5H,2-3,6-7H2,1H3,(H2,17,18,19,20). The smallest absolute Gasteiger partial charge is 0.230 e. The topological polar surface area (TPSA) is 67.9 Å². The summed E-state index contributed by atoms with van der Waals surface area (Å²) in [5, 5.41) is 0. The lowest BCUT2D eigenvalue weighted by Crippen LogP contribution is -2.21. The van der Waals surface area contributed by atoms with E-state index >= 15 is 0 Å². The molecule has 0 saturated carbocycles. The van der Waals surface area contributed by atoms with Gasteiger partial charge in [0.15, 0.2) is 17.5 Å². The third-order valence-electron chi connectivity index (χ3n) is 3.55. The number of nitrogen functional groups attached to an aromatic ring is 1. The molecule has 0 amide bonds. The second kappa shape index (κ2) is 5.23. The van der Waals surface area contributed by atoms with Gasteiger partial charge >= 0.3 is 0 Å². The second-order valence-electron chi connectivity index (χ2n) is 5.07. The lowest BCUT2D eigenvalue weighted by Gasteiger charge is -2.16. The first-order chi connectivity index (χ1) is 10.1. The molecule has 1 fully saturated rings. The zero-order chi connectivity index (χ0) is 15.0. The Hall–Kier alpha value is -2.31. The van der Waals surface area contributed by atoms with E-state index in [1.807, 2.05) is 4.90 Å². The summed E-state index contributed by atoms with van der Waals surface area (Å²) in [6, 6.07) is 2.94. The average Bonchev–Trinajstić information content (AvgIpc) is 2.98. The third kappa shape index (κ3) is 2.51. The van der Waals surface area contributed by atoms with Crippen LogP contribution in [0.5, 0.6) is 0 Å². The van der Waals surface area contributed by atoms with Crippen molar-refractivity contribution >= 4 is 11.9 Å². The van der Waals surface area contributed by atoms with Gasteiger partial charge in [0.25, 0.3) is 0 Å². The van der Waals surface area contributed by atoms with Crippen LogP contribution >= 0.6 is 0 Å². The van der Waals surface area contributed by atoms with Gasteiger partial charge in [-0.05, 0) is 31.4 Å². The normalized spacial score (nSPS) is 14.7. The first kappa shape index (κ1) is 13.7. The molecule has 21 heavy (non-hydrogen) atoms. The van der Waals surface area contributed by atoms with Gasteiger partial charge in [0.1, 0.15) is 0 Å². The van der Waals surface area contributed by atoms with Gasteiger partial charge in [-0.1, -0.05) is 6.07 Å². The van der Waals surface area contributed by atoms with Crippen molar-refractivity contribution < 1.29 is 8.78 Å². The highest BCUT2D eigenvalue weighted by Gasteiger charge is 2.20. The van der Waals surface area contributed by atoms with Crippen molar-refractivity contribution in [1.82, 2.24) is 15.0 Å². The second-order valence-corrected chi connectivity index (χ2v) is 5.07. The fraction of sp³-hybridized carbons (Fsp3) is 0.357. The number of hydrogen-bond acceptors (Lipinski definition) is 5. The predicted molar refractivity (Wildman–Crippen MR) is 75.8 cm³/mol. The number of nitrogens with two attached hydrogens (primary N) is 1. The van der Waals surface area contributed by atoms with Gasteiger partial charge in [0.05, 0.1) is 5.56 Å². The summed E-state index contributed by atoms with van der Waals surface area (Å²) in [6.45, 7) is 3.15. The Bertz CT molecular complexity index is 683. The molecule has 1 aliphatic heterocycles. The van der Waals surface area contributed by atoms with Crippen molar-refractivity contribution in [2.75, 3.05) is 23.7 Å². The van der Waals surface area contributed by atoms with E-state index < -0.39 is 11.6 Å². The van der Waals surface area contributed by atoms with Crippen LogP contribution in [0.3, 0.4) is 0 Å². The van der Waals surface area contributed by atoms with Gasteiger partial charge in [-0.25, -0.2) is 8.78 Å². The first-order valence-electron chi connectivity index (χ1n) is 6.78. The van der Waals surface area contributed by atoms with Gasteiger partial charge in [-0.3, -0.25) is 0 Å². The number of rotatable bonds is 2. The number of aryl methyl sites for hydroxylation is 1. The Morgan fingerprint density at radius 1 is 1.05 bits per heavy atom. The van der Waals surface area contributed by atoms with E-state index in [2.05, 4.69) is 15.0 Å². The van der Waals surface area contributed by atoms with Crippen LogP contribution < -0.4 is 10.6 Å². The van der Waals surface area contributed by atoms with Crippen LogP contribution in [-0.4, -0.2) is 28.0 Å². The van der Waals surface area contributed by atoms with E-state index in [4.69, 9.17) is 5.73 Å². The minimum Gasteiger partial charge on any atom is -0.368 e. The van der Waals surface area contributed by atoms with Crippen LogP contribution in [0.4, 0.5) is 20.7 Å². The first-order valence-corrected chi connectivity index (χ1v) is 6.78. The SMILES string of the molecule is Cc1ccc(-c2nc(N)nc(N3CCCC3)n2)c(F)c1F. The van der Waals surface area contributed by atoms with Crippen molar-refractivity contribution in [3.8, 4) is 11.4 Å². The number of hydrogen-bond donors (Lipinski definition) is 1. The fourth-order valence-corrected chi connectivity index (χ4v) is 2.38. The van der Waals surface area contributed by atoms with Gasteiger partial charge in [0.2, 0.25) is 11.9 Å². The molecular weight excluding hydrogens is 276 g/mol. The van der Waals surface area contributed by atoms with Gasteiger partial charge < -0.3 is 10.6 Å². The lowest BCUT2D eigenvalue weighted by atomic mass is 10.1. The Morgan fingerprint density at radius 3 is 2.48 bits per heavy atom. The van der Waals surface area contributed by atoms with Crippen molar-refractivity contribution in [3.05, 3.63) is 29.3 Å². The zero-order valence-corrected chi connectivity index (χ0v) is 11.6. The molecular formula is C14H15F2N5. The highest BCUT2D eigenvalue weighted by molar-refractivity contribution is 5.59. The number of aromatic nitrogens is 3. The molecule has 5 nitrogen and oxygen atoms in total. The van der Waals surface area contributed by atoms with Crippen molar-refractivity contribution in [2.24, 2.45) is 0 Å². The van der Waals surface area contributed by atoms with E-state index in [0.29, 0.717) is 5.95 Å². The minimum absolute atomic E-state index is 0.00211. The van der Waals surface area contributed by atoms with Crippen molar-refractivity contribution in [1.29, 1.82) is 0 Å². The van der Waals surface area contributed by atoms with Crippen molar-refractivity contribution in [2.45, 2.75) is 19.8 Å². The summed E-state index contributed by atoms with van der Waals surface area (Å²) in [4.78, 5) is 14.2. The van der Waals surface area contributed by atoms with E-state index in [1.54, 1.807) is 0 Å². The zero-order valence-electron chi connectivity index (χ0n) is 11.6. The van der Waals surface area contributed by atoms with Crippen LogP contribution in [0.25, 0.3) is 11.4 Å². The molecule has 1 saturated heterocycles. The molecule has 0 bridgehead atoms. The third-order valence-corrected chi connectivity index (χ3v) is 3.55. The Balaban J connectivity index is 2.08. The summed E-state index contributed by atoms with van der Waals surface area (Å²) < 4.78 is 27.8. The largest absolute Gasteiger partial charge is 0.368 e. The molecule has 3 rings (SSSR count). The van der Waals surface area contributed by atoms with Gasteiger partial charge in [-0.15, -0.1) is 0 Å². The quantitative estimate of drug-likeness (QED) is 0.919. The molecule has 1 aromatic carbocycles. The highest BCUT2D eigenvalue weighted by Crippen LogP contribution is 2.26. The molecule has 0 radical (unpaired) electrons. The summed E-state index contributed by atoms with van der Waals surface area (Å²) in [6.07, 6.45) is 2.10. The highest BCUT2D eigenvalue weighted by atomic mass is 19.2. The predicted octanol–water partition coefficient (Wildman–Crippen LogP) is 2.31. The van der Waals surface area contributed by atoms with E-state index in [0.717, 1.165) is 25.9 Å². The van der Waals surface area contributed by atoms with Crippen LogP contribution in [0.1, 0.15) is 18.4 Å². The molecule has 2 N–H and O–H groups in total. The number of nitrogens with zero attached hydrogens (tertiary/aromatic N) is 4. The summed E-state index contributed by atoms with van der Waals surface area (Å²) in [7, 11) is 0. The maximum atomic E-state index is 14.1. The van der Waals surface area contributed by atoms with Crippen molar-refractivity contribution in [3.63, 3.8) is 0 Å². The molecule has 110 valence electrons. The van der Waals surface area contributed by atoms with E-state index in [9.17, 15) is 8.78 Å². The maximum Gasteiger partial charge on any atom is 0.230 e. The van der Waals surface area contributed by atoms with E-state index in [1.165, 1.54) is 19.1 Å². The molecule has 0 atom stereocenters. The van der Waals surface area contributed by atoms with Crippen LogP contribution in [0.15, 0.2) is 12.1 Å². The monoisotopic (exact) mass is 291 g/mol. The number of halogens is 2. The molecule has 2 heterocycles. The summed E-state index contributed by atoms with van der Waals surface area (Å²) in [5.74, 6) is -1.39. The lowest BCUT2D eigenvalue weighted by molar-refractivity contribution is 0.505. The molecule has 1 aliphatic rings. The van der Waals surface area contributed by atoms with Gasteiger partial charge in [-0.2, -0.15) is 15.0 Å². The maximum absolute atomic E-state index is 14.1. The minimum atomic E-state index is -0.965. The summed E-state index contributed by atoms with van der Waals surface area (Å²) in [5.41, 5.74) is 5.90. The molecule has 0 spiro atoms. The molecule has 7 heteroatoms. The Morgan fingerprint density at radius 2 is 1.76 bits per heavy atom. The fourth-order valence-electron chi connectivity index (χ4n) is 2.38. The molecule has 1 aromatic heterocycles. The Labute approximate surface area is 120 Å². The molecule has 2 aromatic rings. The molecule has 0 unspecified atom stereocenters. The summed E-state index contributed by atoms with van der Waals surface area (Å²) >= 11 is 0. The molecule has 0 aliphatic carbocycles. The Kier molecular flexibility index (Phi) is 3.40. The van der Waals surface area contributed by atoms with Crippen LogP contribution in [0.2, 0.25) is 0 Å². The van der Waals surface area contributed by atoms with Crippen LogP contribution in [-0.2, 0) is 0 Å². The number of benzene rings is 1. The van der Waals surface area contributed by atoms with E-state index in [-0.39, 0.29) is 22.9 Å².